The zero-order valence-corrected chi connectivity index (χ0v) is 17.0. The quantitative estimate of drug-likeness (QED) is 0.837. The predicted octanol–water partition coefficient (Wildman–Crippen LogP) is 2.11. The number of furan rings is 1. The molecule has 0 aliphatic carbocycles. The number of hydrogen-bond donors (Lipinski definition) is 1. The highest BCUT2D eigenvalue weighted by atomic mass is 16.3. The fraction of sp³-hybridized carbons (Fsp3) is 0.409. The minimum Gasteiger partial charge on any atom is -0.459 e. The lowest BCUT2D eigenvalue weighted by Gasteiger charge is -2.35. The van der Waals surface area contributed by atoms with E-state index in [1.807, 2.05) is 42.2 Å². The fourth-order valence-electron chi connectivity index (χ4n) is 4.05. The summed E-state index contributed by atoms with van der Waals surface area (Å²) in [7, 11) is 0. The van der Waals surface area contributed by atoms with Crippen LogP contribution in [-0.4, -0.2) is 71.3 Å². The standard InChI is InChI=1S/C22H26N4O4/c1-16(17-6-3-2-4-7-17)26-15-18(14-20(26)27)23-22(29)25-11-9-24(10-12-25)21(28)19-8-5-13-30-19/h2-8,13,16,18H,9-12,14-15H2,1H3,(H,23,29). The molecule has 0 radical (unpaired) electrons. The van der Waals surface area contributed by atoms with Gasteiger partial charge in [0, 0.05) is 39.1 Å². The number of likely N-dealkylation sites (tertiary alicyclic amines) is 1. The maximum absolute atomic E-state index is 12.7. The van der Waals surface area contributed by atoms with Crippen LogP contribution in [0.2, 0.25) is 0 Å². The lowest BCUT2D eigenvalue weighted by molar-refractivity contribution is -0.129. The van der Waals surface area contributed by atoms with Crippen LogP contribution in [0.3, 0.4) is 0 Å². The van der Waals surface area contributed by atoms with E-state index in [4.69, 9.17) is 4.42 Å². The Balaban J connectivity index is 1.28. The molecule has 1 aromatic heterocycles. The largest absolute Gasteiger partial charge is 0.459 e. The molecule has 2 fully saturated rings. The van der Waals surface area contributed by atoms with Gasteiger partial charge in [-0.15, -0.1) is 0 Å². The highest BCUT2D eigenvalue weighted by molar-refractivity contribution is 5.91. The van der Waals surface area contributed by atoms with E-state index in [0.29, 0.717) is 44.9 Å². The molecule has 8 heteroatoms. The third kappa shape index (κ3) is 4.17. The van der Waals surface area contributed by atoms with Gasteiger partial charge in [-0.3, -0.25) is 9.59 Å². The van der Waals surface area contributed by atoms with Crippen LogP contribution < -0.4 is 5.32 Å². The number of hydrogen-bond acceptors (Lipinski definition) is 4. The SMILES string of the molecule is CC(c1ccccc1)N1CC(NC(=O)N2CCN(C(=O)c3ccco3)CC2)CC1=O. The Labute approximate surface area is 175 Å². The Kier molecular flexibility index (Phi) is 5.74. The molecule has 0 bridgehead atoms. The van der Waals surface area contributed by atoms with Gasteiger partial charge in [0.15, 0.2) is 5.76 Å². The van der Waals surface area contributed by atoms with Crippen LogP contribution in [0.4, 0.5) is 4.79 Å². The van der Waals surface area contributed by atoms with E-state index < -0.39 is 0 Å². The van der Waals surface area contributed by atoms with Crippen LogP contribution in [-0.2, 0) is 4.79 Å². The number of carbonyl (C=O) groups excluding carboxylic acids is 3. The van der Waals surface area contributed by atoms with E-state index in [-0.39, 0.29) is 29.9 Å². The summed E-state index contributed by atoms with van der Waals surface area (Å²) in [5.74, 6) is 0.197. The van der Waals surface area contributed by atoms with Crippen molar-refractivity contribution < 1.29 is 18.8 Å². The highest BCUT2D eigenvalue weighted by Crippen LogP contribution is 2.25. The van der Waals surface area contributed by atoms with E-state index in [9.17, 15) is 14.4 Å². The average molecular weight is 410 g/mol. The molecular formula is C22H26N4O4. The zero-order valence-electron chi connectivity index (χ0n) is 17.0. The molecular weight excluding hydrogens is 384 g/mol. The van der Waals surface area contributed by atoms with Crippen molar-refractivity contribution in [3.63, 3.8) is 0 Å². The summed E-state index contributed by atoms with van der Waals surface area (Å²) in [6.07, 6.45) is 1.78. The van der Waals surface area contributed by atoms with E-state index in [0.717, 1.165) is 5.56 Å². The first-order valence-electron chi connectivity index (χ1n) is 10.3. The second-order valence-electron chi connectivity index (χ2n) is 7.74. The number of rotatable bonds is 4. The first-order valence-corrected chi connectivity index (χ1v) is 10.3. The van der Waals surface area contributed by atoms with Crippen molar-refractivity contribution in [1.82, 2.24) is 20.0 Å². The van der Waals surface area contributed by atoms with Crippen molar-refractivity contribution in [2.75, 3.05) is 32.7 Å². The van der Waals surface area contributed by atoms with Crippen LogP contribution in [0, 0.1) is 0 Å². The van der Waals surface area contributed by atoms with Gasteiger partial charge in [-0.05, 0) is 24.6 Å². The molecule has 2 aliphatic rings. The van der Waals surface area contributed by atoms with Crippen molar-refractivity contribution in [1.29, 1.82) is 0 Å². The molecule has 4 rings (SSSR count). The number of benzene rings is 1. The topological polar surface area (TPSA) is 86.1 Å². The molecule has 2 unspecified atom stereocenters. The lowest BCUT2D eigenvalue weighted by atomic mass is 10.1. The van der Waals surface area contributed by atoms with Crippen LogP contribution >= 0.6 is 0 Å². The number of nitrogens with zero attached hydrogens (tertiary/aromatic N) is 3. The summed E-state index contributed by atoms with van der Waals surface area (Å²) >= 11 is 0. The number of piperazine rings is 1. The molecule has 2 aromatic rings. The minimum absolute atomic E-state index is 0.0308. The number of nitrogens with one attached hydrogen (secondary N) is 1. The fourth-order valence-corrected chi connectivity index (χ4v) is 4.05. The Bertz CT molecular complexity index is 891. The van der Waals surface area contributed by atoms with Crippen molar-refractivity contribution in [3.05, 3.63) is 60.1 Å². The maximum atomic E-state index is 12.7. The first-order chi connectivity index (χ1) is 14.5. The van der Waals surface area contributed by atoms with Gasteiger partial charge >= 0.3 is 6.03 Å². The Morgan fingerprint density at radius 2 is 1.73 bits per heavy atom. The molecule has 1 aromatic carbocycles. The van der Waals surface area contributed by atoms with Crippen molar-refractivity contribution in [2.45, 2.75) is 25.4 Å². The highest BCUT2D eigenvalue weighted by Gasteiger charge is 2.35. The summed E-state index contributed by atoms with van der Waals surface area (Å²) in [4.78, 5) is 42.7. The monoisotopic (exact) mass is 410 g/mol. The number of carbonyl (C=O) groups is 3. The number of amides is 4. The van der Waals surface area contributed by atoms with Gasteiger partial charge in [-0.1, -0.05) is 30.3 Å². The number of urea groups is 1. The van der Waals surface area contributed by atoms with Gasteiger partial charge < -0.3 is 24.4 Å². The Hall–Kier alpha value is -3.29. The van der Waals surface area contributed by atoms with Crippen molar-refractivity contribution >= 4 is 17.8 Å². The van der Waals surface area contributed by atoms with Gasteiger partial charge in [0.25, 0.3) is 5.91 Å². The van der Waals surface area contributed by atoms with Crippen LogP contribution in [0.15, 0.2) is 53.1 Å². The van der Waals surface area contributed by atoms with Crippen LogP contribution in [0.5, 0.6) is 0 Å². The Morgan fingerprint density at radius 3 is 2.40 bits per heavy atom. The molecule has 30 heavy (non-hydrogen) atoms. The summed E-state index contributed by atoms with van der Waals surface area (Å²) in [6.45, 7) is 4.30. The second kappa shape index (κ2) is 8.61. The molecule has 3 heterocycles. The molecule has 8 nitrogen and oxygen atoms in total. The van der Waals surface area contributed by atoms with Gasteiger partial charge in [0.2, 0.25) is 5.91 Å². The van der Waals surface area contributed by atoms with Crippen LogP contribution in [0.25, 0.3) is 0 Å². The van der Waals surface area contributed by atoms with Crippen molar-refractivity contribution in [2.24, 2.45) is 0 Å². The average Bonchev–Trinajstić information content (AvgIpc) is 3.43. The smallest absolute Gasteiger partial charge is 0.317 e. The summed E-state index contributed by atoms with van der Waals surface area (Å²) in [6, 6.07) is 12.8. The normalized spacial score (nSPS) is 20.4. The molecule has 158 valence electrons. The molecule has 1 N–H and O–H groups in total. The van der Waals surface area contributed by atoms with Gasteiger partial charge in [-0.25, -0.2) is 4.79 Å². The zero-order chi connectivity index (χ0) is 21.1. The molecule has 4 amide bonds. The maximum Gasteiger partial charge on any atom is 0.317 e. The minimum atomic E-state index is -0.209. The first kappa shape index (κ1) is 20.0. The molecule has 0 saturated carbocycles. The predicted molar refractivity (Wildman–Crippen MR) is 110 cm³/mol. The molecule has 2 atom stereocenters. The summed E-state index contributed by atoms with van der Waals surface area (Å²) in [5.41, 5.74) is 1.08. The van der Waals surface area contributed by atoms with Crippen molar-refractivity contribution in [3.8, 4) is 0 Å². The van der Waals surface area contributed by atoms with Gasteiger partial charge in [0.05, 0.1) is 18.3 Å². The lowest BCUT2D eigenvalue weighted by Crippen LogP contribution is -2.54. The van der Waals surface area contributed by atoms with E-state index in [2.05, 4.69) is 5.32 Å². The summed E-state index contributed by atoms with van der Waals surface area (Å²) < 4.78 is 5.16. The van der Waals surface area contributed by atoms with Gasteiger partial charge in [-0.2, -0.15) is 0 Å². The van der Waals surface area contributed by atoms with E-state index in [1.165, 1.54) is 6.26 Å². The third-order valence-corrected chi connectivity index (χ3v) is 5.82. The third-order valence-electron chi connectivity index (χ3n) is 5.82. The summed E-state index contributed by atoms with van der Waals surface area (Å²) in [5, 5.41) is 2.99. The van der Waals surface area contributed by atoms with E-state index in [1.54, 1.807) is 21.9 Å². The second-order valence-corrected chi connectivity index (χ2v) is 7.74. The molecule has 2 aliphatic heterocycles. The Morgan fingerprint density at radius 1 is 1.03 bits per heavy atom. The molecule has 0 spiro atoms. The van der Waals surface area contributed by atoms with Gasteiger partial charge in [0.1, 0.15) is 0 Å². The van der Waals surface area contributed by atoms with Crippen LogP contribution in [0.1, 0.15) is 35.5 Å². The van der Waals surface area contributed by atoms with E-state index >= 15 is 0 Å². The molecule has 2 saturated heterocycles.